The molecular weight excluding hydrogens is 274 g/mol. The van der Waals surface area contributed by atoms with Crippen LogP contribution in [0.25, 0.3) is 0 Å². The van der Waals surface area contributed by atoms with Gasteiger partial charge in [0.1, 0.15) is 10.1 Å². The summed E-state index contributed by atoms with van der Waals surface area (Å²) in [6.45, 7) is 0. The molecule has 70 valence electrons. The van der Waals surface area contributed by atoms with E-state index < -0.39 is 21.0 Å². The Morgan fingerprint density at radius 2 is 1.47 bits per heavy atom. The number of carbonyl (C=O) groups is 1. The number of hydrogen-bond acceptors (Lipinski definition) is 5. The third-order valence-corrected chi connectivity index (χ3v) is 2.23. The van der Waals surface area contributed by atoms with Gasteiger partial charge in [-0.05, 0) is 17.7 Å². The molecule has 0 aromatic heterocycles. The van der Waals surface area contributed by atoms with Crippen molar-refractivity contribution in [1.82, 2.24) is 0 Å². The number of carbonyl (C=O) groups excluding carboxylic acids is 1. The summed E-state index contributed by atoms with van der Waals surface area (Å²) >= 11 is 0. The Bertz CT molecular complexity index is 425. The van der Waals surface area contributed by atoms with Gasteiger partial charge in [0.25, 0.3) is 0 Å². The van der Waals surface area contributed by atoms with Crippen molar-refractivity contribution in [2.24, 2.45) is 0 Å². The first-order chi connectivity index (χ1) is 5.91. The molecule has 0 radical (unpaired) electrons. The Kier molecular flexibility index (Phi) is 10.3. The SMILES string of the molecule is O=C([O-])c1ccc(S(=O)(=O)[O-])cc1.[K+].[K+]. The summed E-state index contributed by atoms with van der Waals surface area (Å²) < 4.78 is 31.2. The molecule has 0 bridgehead atoms. The van der Waals surface area contributed by atoms with Crippen LogP contribution >= 0.6 is 0 Å². The maximum atomic E-state index is 10.4. The van der Waals surface area contributed by atoms with Gasteiger partial charge in [0.15, 0.2) is 0 Å². The number of carboxylic acid groups (broad SMARTS) is 1. The van der Waals surface area contributed by atoms with Gasteiger partial charge in [0.2, 0.25) is 0 Å². The molecule has 0 unspecified atom stereocenters. The van der Waals surface area contributed by atoms with Gasteiger partial charge >= 0.3 is 103 Å². The zero-order chi connectivity index (χ0) is 10.1. The molecule has 0 atom stereocenters. The van der Waals surface area contributed by atoms with Crippen LogP contribution in [0, 0.1) is 0 Å². The summed E-state index contributed by atoms with van der Waals surface area (Å²) in [5.41, 5.74) is -0.174. The molecule has 0 N–H and O–H groups in total. The first-order valence-electron chi connectivity index (χ1n) is 3.18. The van der Waals surface area contributed by atoms with Crippen LogP contribution in [-0.4, -0.2) is 18.9 Å². The average Bonchev–Trinajstić information content (AvgIpc) is 2.03. The van der Waals surface area contributed by atoms with Crippen molar-refractivity contribution in [3.05, 3.63) is 29.8 Å². The largest absolute Gasteiger partial charge is 1.00 e. The van der Waals surface area contributed by atoms with Gasteiger partial charge in [-0.15, -0.1) is 0 Å². The molecule has 8 heteroatoms. The predicted octanol–water partition coefficient (Wildman–Crippen LogP) is -7.04. The minimum absolute atomic E-state index is 0. The fraction of sp³-hybridized carbons (Fsp3) is 0. The summed E-state index contributed by atoms with van der Waals surface area (Å²) in [7, 11) is -4.51. The molecule has 0 amide bonds. The number of aromatic carboxylic acids is 1. The van der Waals surface area contributed by atoms with E-state index in [0.29, 0.717) is 0 Å². The first-order valence-corrected chi connectivity index (χ1v) is 4.59. The van der Waals surface area contributed by atoms with Gasteiger partial charge in [-0.1, -0.05) is 12.1 Å². The Morgan fingerprint density at radius 3 is 1.73 bits per heavy atom. The van der Waals surface area contributed by atoms with Crippen molar-refractivity contribution in [3.8, 4) is 0 Å². The van der Waals surface area contributed by atoms with Crippen molar-refractivity contribution >= 4 is 16.1 Å². The van der Waals surface area contributed by atoms with E-state index in [-0.39, 0.29) is 108 Å². The molecule has 1 aromatic carbocycles. The average molecular weight is 278 g/mol. The number of carboxylic acids is 1. The molecule has 0 aliphatic heterocycles. The van der Waals surface area contributed by atoms with E-state index in [4.69, 9.17) is 0 Å². The van der Waals surface area contributed by atoms with E-state index in [9.17, 15) is 22.9 Å². The number of benzene rings is 1. The normalized spacial score (nSPS) is 9.67. The van der Waals surface area contributed by atoms with Gasteiger partial charge < -0.3 is 14.5 Å². The van der Waals surface area contributed by atoms with E-state index in [1.54, 1.807) is 0 Å². The smallest absolute Gasteiger partial charge is 0.744 e. The zero-order valence-electron chi connectivity index (χ0n) is 8.26. The van der Waals surface area contributed by atoms with Crippen molar-refractivity contribution in [3.63, 3.8) is 0 Å². The van der Waals surface area contributed by atoms with Gasteiger partial charge in [-0.3, -0.25) is 0 Å². The maximum Gasteiger partial charge on any atom is 1.00 e. The van der Waals surface area contributed by atoms with Gasteiger partial charge in [0, 0.05) is 0 Å². The molecule has 0 saturated carbocycles. The minimum atomic E-state index is -4.51. The van der Waals surface area contributed by atoms with Gasteiger partial charge in [0.05, 0.1) is 10.9 Å². The Labute approximate surface area is 172 Å². The van der Waals surface area contributed by atoms with Crippen LogP contribution < -0.4 is 108 Å². The first kappa shape index (κ1) is 19.2. The van der Waals surface area contributed by atoms with E-state index in [1.807, 2.05) is 0 Å². The fourth-order valence-electron chi connectivity index (χ4n) is 0.758. The third kappa shape index (κ3) is 6.39. The van der Waals surface area contributed by atoms with Crippen molar-refractivity contribution in [2.75, 3.05) is 0 Å². The van der Waals surface area contributed by atoms with E-state index in [1.165, 1.54) is 0 Å². The molecule has 0 fully saturated rings. The summed E-state index contributed by atoms with van der Waals surface area (Å²) in [6.07, 6.45) is 0. The van der Waals surface area contributed by atoms with Crippen LogP contribution in [0.5, 0.6) is 0 Å². The minimum Gasteiger partial charge on any atom is -0.744 e. The zero-order valence-corrected chi connectivity index (χ0v) is 15.3. The topological polar surface area (TPSA) is 97.3 Å². The van der Waals surface area contributed by atoms with Gasteiger partial charge in [-0.2, -0.15) is 0 Å². The molecule has 5 nitrogen and oxygen atoms in total. The van der Waals surface area contributed by atoms with E-state index in [2.05, 4.69) is 0 Å². The van der Waals surface area contributed by atoms with Crippen LogP contribution in [0.1, 0.15) is 10.4 Å². The Balaban J connectivity index is 0. The molecule has 0 heterocycles. The quantitative estimate of drug-likeness (QED) is 0.395. The van der Waals surface area contributed by atoms with Crippen LogP contribution in [0.2, 0.25) is 0 Å². The monoisotopic (exact) mass is 278 g/mol. The van der Waals surface area contributed by atoms with Crippen LogP contribution in [0.15, 0.2) is 29.2 Å². The van der Waals surface area contributed by atoms with Crippen LogP contribution in [0.3, 0.4) is 0 Å². The van der Waals surface area contributed by atoms with Crippen molar-refractivity contribution in [2.45, 2.75) is 4.90 Å². The summed E-state index contributed by atoms with van der Waals surface area (Å²) in [5, 5.41) is 10.2. The Hall–Kier alpha value is 1.87. The summed E-state index contributed by atoms with van der Waals surface area (Å²) in [4.78, 5) is 9.76. The summed E-state index contributed by atoms with van der Waals surface area (Å²) in [6, 6.07) is 3.85. The predicted molar refractivity (Wildman–Crippen MR) is 38.7 cm³/mol. The number of rotatable bonds is 2. The van der Waals surface area contributed by atoms with Gasteiger partial charge in [-0.25, -0.2) is 8.42 Å². The van der Waals surface area contributed by atoms with Crippen LogP contribution in [-0.2, 0) is 10.1 Å². The molecule has 1 rings (SSSR count). The summed E-state index contributed by atoms with van der Waals surface area (Å²) in [5.74, 6) is -1.42. The van der Waals surface area contributed by atoms with Crippen molar-refractivity contribution in [1.29, 1.82) is 0 Å². The van der Waals surface area contributed by atoms with Crippen molar-refractivity contribution < 1.29 is 126 Å². The third-order valence-electron chi connectivity index (χ3n) is 1.38. The van der Waals surface area contributed by atoms with E-state index in [0.717, 1.165) is 24.3 Å². The maximum absolute atomic E-state index is 10.4. The fourth-order valence-corrected chi connectivity index (χ4v) is 1.23. The van der Waals surface area contributed by atoms with Crippen LogP contribution in [0.4, 0.5) is 0 Å². The second kappa shape index (κ2) is 8.06. The second-order valence-electron chi connectivity index (χ2n) is 2.27. The molecule has 0 spiro atoms. The number of hydrogen-bond donors (Lipinski definition) is 0. The molecule has 1 aromatic rings. The molecule has 15 heavy (non-hydrogen) atoms. The molecular formula is C7H4K2O5S. The molecule has 0 aliphatic carbocycles. The Morgan fingerprint density at radius 1 is 1.07 bits per heavy atom. The second-order valence-corrected chi connectivity index (χ2v) is 3.65. The van der Waals surface area contributed by atoms with E-state index >= 15 is 0 Å². The standard InChI is InChI=1S/C7H6O5S.2K/c8-7(9)5-1-3-6(4-2-5)13(10,11)12;;/h1-4H,(H,8,9)(H,10,11,12);;/q;2*+1/p-2. The molecule has 0 saturated heterocycles. The molecule has 0 aliphatic rings.